The van der Waals surface area contributed by atoms with Crippen LogP contribution in [-0.2, 0) is 0 Å². The van der Waals surface area contributed by atoms with Crippen molar-refractivity contribution in [3.05, 3.63) is 52.5 Å². The van der Waals surface area contributed by atoms with Crippen LogP contribution in [0.2, 0.25) is 0 Å². The van der Waals surface area contributed by atoms with Gasteiger partial charge in [-0.05, 0) is 24.3 Å². The molecule has 1 amide bonds. The molecule has 0 fully saturated rings. The monoisotopic (exact) mass is 386 g/mol. The number of rotatable bonds is 6. The zero-order valence-corrected chi connectivity index (χ0v) is 14.3. The van der Waals surface area contributed by atoms with Gasteiger partial charge in [0.15, 0.2) is 10.8 Å². The fourth-order valence-corrected chi connectivity index (χ4v) is 2.87. The molecule has 0 atom stereocenters. The normalized spacial score (nSPS) is 10.2. The Balaban J connectivity index is 1.76. The average molecular weight is 386 g/mol. The number of aromatic nitrogens is 2. The second-order valence-corrected chi connectivity index (χ2v) is 6.11. The number of nitrogens with one attached hydrogen (secondary N) is 2. The van der Waals surface area contributed by atoms with Crippen molar-refractivity contribution in [2.75, 3.05) is 17.6 Å². The van der Waals surface area contributed by atoms with Crippen molar-refractivity contribution in [3.63, 3.8) is 0 Å². The lowest BCUT2D eigenvalue weighted by atomic mass is 10.2. The minimum Gasteiger partial charge on any atom is -0.382 e. The van der Waals surface area contributed by atoms with Crippen LogP contribution < -0.4 is 16.4 Å². The predicted octanol–water partition coefficient (Wildman–Crippen LogP) is 2.08. The number of benzene rings is 1. The van der Waals surface area contributed by atoms with Crippen molar-refractivity contribution in [1.82, 2.24) is 15.5 Å². The lowest BCUT2D eigenvalue weighted by molar-refractivity contribution is 0.0945. The van der Waals surface area contributed by atoms with E-state index in [1.54, 1.807) is 6.07 Å². The molecule has 3 aromatic rings. The number of ketones is 1. The van der Waals surface area contributed by atoms with Gasteiger partial charge in [0.1, 0.15) is 23.1 Å². The SMILES string of the molecule is N#CCNC(=O)c1cc(C(=O)c2sc(Nc3ccc(F)cc3)nc2N)on1. The Morgan fingerprint density at radius 2 is 2.07 bits per heavy atom. The smallest absolute Gasteiger partial charge is 0.274 e. The van der Waals surface area contributed by atoms with E-state index < -0.39 is 11.7 Å². The van der Waals surface area contributed by atoms with Gasteiger partial charge in [0.2, 0.25) is 11.5 Å². The van der Waals surface area contributed by atoms with Crippen LogP contribution in [0.4, 0.5) is 21.0 Å². The minimum absolute atomic E-state index is 0.0264. The summed E-state index contributed by atoms with van der Waals surface area (Å²) < 4.78 is 17.8. The number of carbonyl (C=O) groups is 2. The van der Waals surface area contributed by atoms with Gasteiger partial charge in [-0.15, -0.1) is 0 Å². The van der Waals surface area contributed by atoms with Gasteiger partial charge < -0.3 is 20.9 Å². The number of amides is 1. The van der Waals surface area contributed by atoms with Crippen LogP contribution in [0.1, 0.15) is 25.9 Å². The fourth-order valence-electron chi connectivity index (χ4n) is 2.02. The Morgan fingerprint density at radius 1 is 1.33 bits per heavy atom. The van der Waals surface area contributed by atoms with Gasteiger partial charge in [-0.25, -0.2) is 9.37 Å². The molecule has 11 heteroatoms. The molecule has 9 nitrogen and oxygen atoms in total. The van der Waals surface area contributed by atoms with E-state index in [9.17, 15) is 14.0 Å². The number of hydrogen-bond acceptors (Lipinski definition) is 9. The molecule has 1 aromatic carbocycles. The van der Waals surface area contributed by atoms with Crippen LogP contribution in [0.5, 0.6) is 0 Å². The summed E-state index contributed by atoms with van der Waals surface area (Å²) in [4.78, 5) is 28.4. The Labute approximate surface area is 155 Å². The Bertz CT molecular complexity index is 1040. The van der Waals surface area contributed by atoms with Crippen LogP contribution in [-0.4, -0.2) is 28.4 Å². The molecule has 0 spiro atoms. The first-order valence-corrected chi connectivity index (χ1v) is 8.25. The average Bonchev–Trinajstić information content (AvgIpc) is 3.28. The highest BCUT2D eigenvalue weighted by Gasteiger charge is 2.23. The maximum Gasteiger partial charge on any atom is 0.274 e. The second kappa shape index (κ2) is 7.63. The molecule has 0 aliphatic heterocycles. The number of nitrogen functional groups attached to an aromatic ring is 1. The van der Waals surface area contributed by atoms with Crippen molar-refractivity contribution < 1.29 is 18.5 Å². The summed E-state index contributed by atoms with van der Waals surface area (Å²) in [5.74, 6) is -1.84. The van der Waals surface area contributed by atoms with Crippen LogP contribution in [0, 0.1) is 17.1 Å². The third-order valence-corrected chi connectivity index (χ3v) is 4.24. The molecular formula is C16H11FN6O3S. The number of hydrogen-bond donors (Lipinski definition) is 3. The summed E-state index contributed by atoms with van der Waals surface area (Å²) in [6, 6.07) is 8.48. The molecule has 2 aromatic heterocycles. The summed E-state index contributed by atoms with van der Waals surface area (Å²) in [5, 5.41) is 17.5. The number of thiazole rings is 1. The lowest BCUT2D eigenvalue weighted by Gasteiger charge is -2.00. The van der Waals surface area contributed by atoms with E-state index in [0.717, 1.165) is 17.4 Å². The minimum atomic E-state index is -0.643. The highest BCUT2D eigenvalue weighted by atomic mass is 32.1. The highest BCUT2D eigenvalue weighted by Crippen LogP contribution is 2.29. The van der Waals surface area contributed by atoms with Gasteiger partial charge in [0.25, 0.3) is 5.91 Å². The Hall–Kier alpha value is -3.78. The summed E-state index contributed by atoms with van der Waals surface area (Å²) in [5.41, 5.74) is 6.22. The molecule has 136 valence electrons. The maximum absolute atomic E-state index is 12.9. The van der Waals surface area contributed by atoms with Crippen molar-refractivity contribution in [1.29, 1.82) is 5.26 Å². The number of halogens is 1. The zero-order chi connectivity index (χ0) is 19.4. The molecule has 0 aliphatic carbocycles. The molecular weight excluding hydrogens is 375 g/mol. The Morgan fingerprint density at radius 3 is 2.78 bits per heavy atom. The van der Waals surface area contributed by atoms with Gasteiger partial charge in [-0.3, -0.25) is 9.59 Å². The van der Waals surface area contributed by atoms with E-state index in [2.05, 4.69) is 20.8 Å². The van der Waals surface area contributed by atoms with Crippen molar-refractivity contribution >= 4 is 39.7 Å². The molecule has 0 bridgehead atoms. The standard InChI is InChI=1S/C16H11FN6O3S/c17-8-1-3-9(4-2-8)21-16-22-14(19)13(27-16)12(24)11-7-10(23-26-11)15(25)20-6-5-18/h1-4,7H,6,19H2,(H,20,25)(H,21,22). The number of nitrogens with zero attached hydrogens (tertiary/aromatic N) is 3. The van der Waals surface area contributed by atoms with Crippen molar-refractivity contribution in [3.8, 4) is 6.07 Å². The van der Waals surface area contributed by atoms with Crippen LogP contribution >= 0.6 is 11.3 Å². The number of nitrogens with two attached hydrogens (primary N) is 1. The first-order chi connectivity index (χ1) is 13.0. The lowest BCUT2D eigenvalue weighted by Crippen LogP contribution is -2.23. The molecule has 0 saturated heterocycles. The zero-order valence-electron chi connectivity index (χ0n) is 13.5. The van der Waals surface area contributed by atoms with Gasteiger partial charge in [-0.2, -0.15) is 5.26 Å². The third kappa shape index (κ3) is 4.07. The summed E-state index contributed by atoms with van der Waals surface area (Å²) in [6.07, 6.45) is 0. The van der Waals surface area contributed by atoms with E-state index in [1.165, 1.54) is 24.3 Å². The van der Waals surface area contributed by atoms with Gasteiger partial charge in [0, 0.05) is 11.8 Å². The molecule has 3 rings (SSSR count). The van der Waals surface area contributed by atoms with E-state index >= 15 is 0 Å². The Kier molecular flexibility index (Phi) is 5.09. The second-order valence-electron chi connectivity index (χ2n) is 5.11. The molecule has 0 saturated carbocycles. The quantitative estimate of drug-likeness (QED) is 0.431. The van der Waals surface area contributed by atoms with Crippen molar-refractivity contribution in [2.24, 2.45) is 0 Å². The molecule has 2 heterocycles. The summed E-state index contributed by atoms with van der Waals surface area (Å²) in [6.45, 7) is -0.199. The van der Waals surface area contributed by atoms with Crippen LogP contribution in [0.3, 0.4) is 0 Å². The summed E-state index contributed by atoms with van der Waals surface area (Å²) >= 11 is 0.971. The van der Waals surface area contributed by atoms with E-state index in [1.807, 2.05) is 0 Å². The van der Waals surface area contributed by atoms with Crippen molar-refractivity contribution in [2.45, 2.75) is 0 Å². The van der Waals surface area contributed by atoms with E-state index in [4.69, 9.17) is 15.5 Å². The van der Waals surface area contributed by atoms with Gasteiger partial charge >= 0.3 is 0 Å². The topological polar surface area (TPSA) is 147 Å². The van der Waals surface area contributed by atoms with E-state index in [-0.39, 0.29) is 34.5 Å². The number of anilines is 3. The molecule has 0 aliphatic rings. The maximum atomic E-state index is 12.9. The van der Waals surface area contributed by atoms with Crippen LogP contribution in [0.15, 0.2) is 34.9 Å². The van der Waals surface area contributed by atoms with Crippen LogP contribution in [0.25, 0.3) is 0 Å². The van der Waals surface area contributed by atoms with Gasteiger partial charge in [-0.1, -0.05) is 16.5 Å². The first-order valence-electron chi connectivity index (χ1n) is 7.43. The molecule has 4 N–H and O–H groups in total. The number of carbonyl (C=O) groups excluding carboxylic acids is 2. The number of nitriles is 1. The third-order valence-electron chi connectivity index (χ3n) is 3.25. The predicted molar refractivity (Wildman–Crippen MR) is 94.1 cm³/mol. The molecule has 0 radical (unpaired) electrons. The summed E-state index contributed by atoms with van der Waals surface area (Å²) in [7, 11) is 0. The largest absolute Gasteiger partial charge is 0.382 e. The fraction of sp³-hybridized carbons (Fsp3) is 0.0625. The highest BCUT2D eigenvalue weighted by molar-refractivity contribution is 7.18. The molecule has 0 unspecified atom stereocenters. The van der Waals surface area contributed by atoms with Gasteiger partial charge in [0.05, 0.1) is 6.07 Å². The first kappa shape index (κ1) is 18.0. The molecule has 27 heavy (non-hydrogen) atoms. The van der Waals surface area contributed by atoms with E-state index in [0.29, 0.717) is 10.8 Å².